The Hall–Kier alpha value is -1.49. The monoisotopic (exact) mass is 337 g/mol. The molecule has 2 N–H and O–H groups in total. The van der Waals surface area contributed by atoms with Crippen molar-refractivity contribution in [3.05, 3.63) is 69.7 Å². The van der Waals surface area contributed by atoms with Gasteiger partial charge < -0.3 is 5.73 Å². The van der Waals surface area contributed by atoms with Gasteiger partial charge in [-0.1, -0.05) is 65.3 Å². The van der Waals surface area contributed by atoms with Crippen LogP contribution in [-0.2, 0) is 5.75 Å². The molecule has 0 aliphatic heterocycles. The molecular formula is C15H13Cl2N3S. The minimum Gasteiger partial charge on any atom is -0.377 e. The molecule has 0 aliphatic rings. The Morgan fingerprint density at radius 1 is 1.10 bits per heavy atom. The summed E-state index contributed by atoms with van der Waals surface area (Å²) in [6.45, 7) is 0. The van der Waals surface area contributed by atoms with Crippen molar-refractivity contribution in [1.82, 2.24) is 0 Å². The number of hydrogen-bond donors (Lipinski definition) is 1. The second-order valence-electron chi connectivity index (χ2n) is 4.16. The SMILES string of the molecule is NC(=NN=Cc1cc(Cl)cc(Cl)c1)SCc1ccccc1. The number of benzene rings is 2. The van der Waals surface area contributed by atoms with Crippen LogP contribution in [0, 0.1) is 0 Å². The van der Waals surface area contributed by atoms with Crippen LogP contribution in [0.5, 0.6) is 0 Å². The minimum atomic E-state index is 0.406. The van der Waals surface area contributed by atoms with Crippen LogP contribution < -0.4 is 5.73 Å². The predicted molar refractivity (Wildman–Crippen MR) is 93.4 cm³/mol. The molecule has 0 heterocycles. The van der Waals surface area contributed by atoms with E-state index in [9.17, 15) is 0 Å². The largest absolute Gasteiger partial charge is 0.377 e. The van der Waals surface area contributed by atoms with Gasteiger partial charge >= 0.3 is 0 Å². The molecule has 0 spiro atoms. The zero-order chi connectivity index (χ0) is 15.1. The number of thioether (sulfide) groups is 1. The molecule has 0 bridgehead atoms. The fourth-order valence-electron chi connectivity index (χ4n) is 1.56. The van der Waals surface area contributed by atoms with Crippen molar-refractivity contribution in [2.75, 3.05) is 0 Å². The van der Waals surface area contributed by atoms with Crippen molar-refractivity contribution >= 4 is 46.3 Å². The molecule has 21 heavy (non-hydrogen) atoms. The van der Waals surface area contributed by atoms with Crippen molar-refractivity contribution in [3.63, 3.8) is 0 Å². The van der Waals surface area contributed by atoms with Gasteiger partial charge in [-0.15, -0.1) is 5.10 Å². The lowest BCUT2D eigenvalue weighted by molar-refractivity contribution is 1.25. The highest BCUT2D eigenvalue weighted by Crippen LogP contribution is 2.18. The van der Waals surface area contributed by atoms with E-state index in [2.05, 4.69) is 10.2 Å². The number of nitrogens with two attached hydrogens (primary N) is 1. The summed E-state index contributed by atoms with van der Waals surface area (Å²) in [6, 6.07) is 15.2. The van der Waals surface area contributed by atoms with Crippen LogP contribution in [0.15, 0.2) is 58.7 Å². The maximum absolute atomic E-state index is 5.90. The van der Waals surface area contributed by atoms with Crippen LogP contribution in [0.1, 0.15) is 11.1 Å². The second kappa shape index (κ2) is 8.08. The molecule has 0 atom stereocenters. The van der Waals surface area contributed by atoms with Crippen LogP contribution in [0.3, 0.4) is 0 Å². The van der Waals surface area contributed by atoms with Crippen molar-refractivity contribution in [1.29, 1.82) is 0 Å². The van der Waals surface area contributed by atoms with Crippen molar-refractivity contribution in [3.8, 4) is 0 Å². The van der Waals surface area contributed by atoms with Crippen molar-refractivity contribution < 1.29 is 0 Å². The van der Waals surface area contributed by atoms with Gasteiger partial charge in [0.15, 0.2) is 5.17 Å². The van der Waals surface area contributed by atoms with E-state index in [0.717, 1.165) is 11.3 Å². The van der Waals surface area contributed by atoms with E-state index in [1.807, 2.05) is 30.3 Å². The first-order valence-electron chi connectivity index (χ1n) is 6.13. The van der Waals surface area contributed by atoms with E-state index in [1.165, 1.54) is 17.3 Å². The standard InChI is InChI=1S/C15H13Cl2N3S/c16-13-6-12(7-14(17)8-13)9-19-20-15(18)21-10-11-4-2-1-3-5-11/h1-9H,10H2,(H2,18,20). The average molecular weight is 338 g/mol. The molecule has 0 aliphatic carbocycles. The van der Waals surface area contributed by atoms with Gasteiger partial charge in [-0.25, -0.2) is 0 Å². The summed E-state index contributed by atoms with van der Waals surface area (Å²) in [5, 5.41) is 9.39. The fourth-order valence-corrected chi connectivity index (χ4v) is 2.72. The molecule has 0 amide bonds. The number of rotatable bonds is 4. The smallest absolute Gasteiger partial charge is 0.180 e. The highest BCUT2D eigenvalue weighted by atomic mass is 35.5. The number of halogens is 2. The lowest BCUT2D eigenvalue weighted by Crippen LogP contribution is -2.05. The summed E-state index contributed by atoms with van der Waals surface area (Å²) in [5.74, 6) is 0.759. The average Bonchev–Trinajstić information content (AvgIpc) is 2.45. The Morgan fingerprint density at radius 3 is 2.43 bits per heavy atom. The van der Waals surface area contributed by atoms with E-state index in [1.54, 1.807) is 24.4 Å². The van der Waals surface area contributed by atoms with Crippen LogP contribution in [-0.4, -0.2) is 11.4 Å². The topological polar surface area (TPSA) is 50.7 Å². The Bertz CT molecular complexity index is 637. The maximum atomic E-state index is 5.90. The van der Waals surface area contributed by atoms with Gasteiger partial charge in [0.25, 0.3) is 0 Å². The van der Waals surface area contributed by atoms with Crippen LogP contribution >= 0.6 is 35.0 Å². The third-order valence-electron chi connectivity index (χ3n) is 2.48. The van der Waals surface area contributed by atoms with Crippen LogP contribution in [0.4, 0.5) is 0 Å². The van der Waals surface area contributed by atoms with Gasteiger partial charge in [-0.3, -0.25) is 0 Å². The summed E-state index contributed by atoms with van der Waals surface area (Å²) in [4.78, 5) is 0. The van der Waals surface area contributed by atoms with E-state index in [4.69, 9.17) is 28.9 Å². The Balaban J connectivity index is 1.92. The van der Waals surface area contributed by atoms with E-state index < -0.39 is 0 Å². The first-order valence-corrected chi connectivity index (χ1v) is 7.87. The van der Waals surface area contributed by atoms with Crippen molar-refractivity contribution in [2.24, 2.45) is 15.9 Å². The molecular weight excluding hydrogens is 325 g/mol. The van der Waals surface area contributed by atoms with Gasteiger partial charge in [0.05, 0.1) is 6.21 Å². The maximum Gasteiger partial charge on any atom is 0.180 e. The summed E-state index contributed by atoms with van der Waals surface area (Å²) in [5.41, 5.74) is 7.75. The zero-order valence-corrected chi connectivity index (χ0v) is 13.4. The molecule has 0 radical (unpaired) electrons. The molecule has 0 fully saturated rings. The molecule has 2 aromatic carbocycles. The number of nitrogens with zero attached hydrogens (tertiary/aromatic N) is 2. The number of amidine groups is 1. The Labute approximate surface area is 137 Å². The molecule has 0 unspecified atom stereocenters. The molecule has 2 rings (SSSR count). The zero-order valence-electron chi connectivity index (χ0n) is 11.0. The van der Waals surface area contributed by atoms with Crippen LogP contribution in [0.2, 0.25) is 10.0 Å². The highest BCUT2D eigenvalue weighted by molar-refractivity contribution is 8.13. The molecule has 6 heteroatoms. The molecule has 0 aromatic heterocycles. The van der Waals surface area contributed by atoms with Gasteiger partial charge in [0, 0.05) is 15.8 Å². The van der Waals surface area contributed by atoms with Crippen LogP contribution in [0.25, 0.3) is 0 Å². The molecule has 3 nitrogen and oxygen atoms in total. The molecule has 2 aromatic rings. The minimum absolute atomic E-state index is 0.406. The quantitative estimate of drug-likeness (QED) is 0.504. The fraction of sp³-hybridized carbons (Fsp3) is 0.0667. The first-order chi connectivity index (χ1) is 10.1. The van der Waals surface area contributed by atoms with Gasteiger partial charge in [0.2, 0.25) is 0 Å². The lowest BCUT2D eigenvalue weighted by Gasteiger charge is -1.99. The summed E-state index contributed by atoms with van der Waals surface area (Å²) < 4.78 is 0. The van der Waals surface area contributed by atoms with Gasteiger partial charge in [0.1, 0.15) is 0 Å². The number of hydrogen-bond acceptors (Lipinski definition) is 3. The summed E-state index contributed by atoms with van der Waals surface area (Å²) >= 11 is 13.2. The van der Waals surface area contributed by atoms with E-state index in [0.29, 0.717) is 15.2 Å². The lowest BCUT2D eigenvalue weighted by atomic mass is 10.2. The van der Waals surface area contributed by atoms with E-state index >= 15 is 0 Å². The summed E-state index contributed by atoms with van der Waals surface area (Å²) in [7, 11) is 0. The summed E-state index contributed by atoms with van der Waals surface area (Å²) in [6.07, 6.45) is 1.56. The van der Waals surface area contributed by atoms with Crippen molar-refractivity contribution in [2.45, 2.75) is 5.75 Å². The van der Waals surface area contributed by atoms with E-state index in [-0.39, 0.29) is 0 Å². The highest BCUT2D eigenvalue weighted by Gasteiger charge is 1.97. The third kappa shape index (κ3) is 5.79. The Morgan fingerprint density at radius 2 is 1.76 bits per heavy atom. The van der Waals surface area contributed by atoms with Gasteiger partial charge in [-0.2, -0.15) is 5.10 Å². The molecule has 0 saturated carbocycles. The predicted octanol–water partition coefficient (Wildman–Crippen LogP) is 4.58. The second-order valence-corrected chi connectivity index (χ2v) is 6.03. The molecule has 0 saturated heterocycles. The first kappa shape index (κ1) is 15.9. The normalized spacial score (nSPS) is 12.0. The third-order valence-corrected chi connectivity index (χ3v) is 3.77. The van der Waals surface area contributed by atoms with Gasteiger partial charge in [-0.05, 0) is 29.3 Å². The molecule has 108 valence electrons. The Kier molecular flexibility index (Phi) is 6.11.